The molecular formula is C10H8Cl2FN3. The van der Waals surface area contributed by atoms with Crippen LogP contribution >= 0.6 is 23.2 Å². The van der Waals surface area contributed by atoms with Gasteiger partial charge < -0.3 is 0 Å². The van der Waals surface area contributed by atoms with Crippen LogP contribution in [0.5, 0.6) is 0 Å². The first-order chi connectivity index (χ1) is 7.63. The smallest absolute Gasteiger partial charge is 0.229 e. The molecule has 0 bridgehead atoms. The van der Waals surface area contributed by atoms with Gasteiger partial charge in [0.05, 0.1) is 10.7 Å². The second-order valence-corrected chi connectivity index (χ2v) is 3.92. The summed E-state index contributed by atoms with van der Waals surface area (Å²) in [6, 6.07) is 4.36. The maximum atomic E-state index is 13.0. The van der Waals surface area contributed by atoms with Crippen LogP contribution in [0.25, 0.3) is 5.69 Å². The molecule has 3 nitrogen and oxygen atoms in total. The Hall–Kier alpha value is -1.13. The number of halogens is 3. The van der Waals surface area contributed by atoms with Crippen molar-refractivity contribution in [3.8, 4) is 5.69 Å². The molecule has 84 valence electrons. The van der Waals surface area contributed by atoms with Crippen molar-refractivity contribution in [2.75, 3.05) is 0 Å². The predicted octanol–water partition coefficient (Wildman–Crippen LogP) is 3.28. The standard InChI is InChI=1S/C10H8Cl2FN3/c1-2-9-14-15-10(12)16(9)6-3-4-8(13)7(11)5-6/h3-5H,2H2,1H3. The zero-order valence-electron chi connectivity index (χ0n) is 8.41. The first-order valence-corrected chi connectivity index (χ1v) is 5.44. The van der Waals surface area contributed by atoms with Crippen molar-refractivity contribution in [3.05, 3.63) is 40.1 Å². The Morgan fingerprint density at radius 2 is 2.06 bits per heavy atom. The predicted molar refractivity (Wildman–Crippen MR) is 60.7 cm³/mol. The van der Waals surface area contributed by atoms with Crippen molar-refractivity contribution >= 4 is 23.2 Å². The van der Waals surface area contributed by atoms with Gasteiger partial charge >= 0.3 is 0 Å². The van der Waals surface area contributed by atoms with Crippen LogP contribution in [0, 0.1) is 5.82 Å². The second kappa shape index (κ2) is 4.39. The van der Waals surface area contributed by atoms with Crippen molar-refractivity contribution in [1.29, 1.82) is 0 Å². The lowest BCUT2D eigenvalue weighted by atomic mass is 10.3. The third-order valence-corrected chi connectivity index (χ3v) is 2.70. The molecular weight excluding hydrogens is 252 g/mol. The highest BCUT2D eigenvalue weighted by Crippen LogP contribution is 2.22. The summed E-state index contributed by atoms with van der Waals surface area (Å²) in [5, 5.41) is 7.95. The van der Waals surface area contributed by atoms with E-state index in [1.54, 1.807) is 10.6 Å². The third kappa shape index (κ3) is 1.90. The van der Waals surface area contributed by atoms with Crippen LogP contribution in [-0.4, -0.2) is 14.8 Å². The van der Waals surface area contributed by atoms with E-state index in [0.29, 0.717) is 17.9 Å². The lowest BCUT2D eigenvalue weighted by molar-refractivity contribution is 0.627. The fourth-order valence-electron chi connectivity index (χ4n) is 1.40. The van der Waals surface area contributed by atoms with Gasteiger partial charge in [0, 0.05) is 6.42 Å². The first kappa shape index (κ1) is 11.4. The van der Waals surface area contributed by atoms with Crippen LogP contribution < -0.4 is 0 Å². The fourth-order valence-corrected chi connectivity index (χ4v) is 1.81. The molecule has 1 heterocycles. The van der Waals surface area contributed by atoms with Gasteiger partial charge in [-0.3, -0.25) is 4.57 Å². The second-order valence-electron chi connectivity index (χ2n) is 3.17. The Kier molecular flexibility index (Phi) is 3.12. The monoisotopic (exact) mass is 259 g/mol. The summed E-state index contributed by atoms with van der Waals surface area (Å²) in [5.41, 5.74) is 0.651. The maximum absolute atomic E-state index is 13.0. The normalized spacial score (nSPS) is 10.8. The highest BCUT2D eigenvalue weighted by molar-refractivity contribution is 6.31. The average Bonchev–Trinajstić information content (AvgIpc) is 2.64. The van der Waals surface area contributed by atoms with Gasteiger partial charge in [0.1, 0.15) is 11.6 Å². The summed E-state index contributed by atoms with van der Waals surface area (Å²) < 4.78 is 14.6. The Bertz CT molecular complexity index is 525. The summed E-state index contributed by atoms with van der Waals surface area (Å²) in [5.74, 6) is 0.236. The molecule has 2 aromatic rings. The van der Waals surface area contributed by atoms with Crippen molar-refractivity contribution < 1.29 is 4.39 Å². The van der Waals surface area contributed by atoms with Crippen LogP contribution in [-0.2, 0) is 6.42 Å². The lowest BCUT2D eigenvalue weighted by Crippen LogP contribution is -2.00. The van der Waals surface area contributed by atoms with Gasteiger partial charge in [-0.05, 0) is 29.8 Å². The van der Waals surface area contributed by atoms with Crippen LogP contribution in [0.1, 0.15) is 12.7 Å². The molecule has 0 saturated carbocycles. The van der Waals surface area contributed by atoms with Gasteiger partial charge in [0.2, 0.25) is 5.28 Å². The molecule has 0 saturated heterocycles. The number of rotatable bonds is 2. The van der Waals surface area contributed by atoms with E-state index in [0.717, 1.165) is 0 Å². The quantitative estimate of drug-likeness (QED) is 0.829. The zero-order chi connectivity index (χ0) is 11.7. The summed E-state index contributed by atoms with van der Waals surface area (Å²) in [7, 11) is 0. The minimum absolute atomic E-state index is 0.0457. The van der Waals surface area contributed by atoms with E-state index in [-0.39, 0.29) is 10.3 Å². The largest absolute Gasteiger partial charge is 0.270 e. The van der Waals surface area contributed by atoms with Gasteiger partial charge in [-0.25, -0.2) is 4.39 Å². The maximum Gasteiger partial charge on any atom is 0.229 e. The number of aryl methyl sites for hydroxylation is 1. The third-order valence-electron chi connectivity index (χ3n) is 2.17. The molecule has 16 heavy (non-hydrogen) atoms. The number of hydrogen-bond donors (Lipinski definition) is 0. The minimum Gasteiger partial charge on any atom is -0.270 e. The van der Waals surface area contributed by atoms with Gasteiger partial charge in [-0.15, -0.1) is 10.2 Å². The van der Waals surface area contributed by atoms with Gasteiger partial charge in [0.15, 0.2) is 0 Å². The van der Waals surface area contributed by atoms with Crippen LogP contribution in [0.3, 0.4) is 0 Å². The lowest BCUT2D eigenvalue weighted by Gasteiger charge is -2.07. The number of nitrogens with zero attached hydrogens (tertiary/aromatic N) is 3. The molecule has 0 N–H and O–H groups in total. The summed E-state index contributed by atoms with van der Waals surface area (Å²) in [4.78, 5) is 0. The van der Waals surface area contributed by atoms with Crippen LogP contribution in [0.4, 0.5) is 4.39 Å². The first-order valence-electron chi connectivity index (χ1n) is 4.68. The Morgan fingerprint density at radius 1 is 1.31 bits per heavy atom. The molecule has 0 aliphatic rings. The molecule has 1 aromatic carbocycles. The van der Waals surface area contributed by atoms with Gasteiger partial charge in [-0.2, -0.15) is 0 Å². The summed E-state index contributed by atoms with van der Waals surface area (Å²) in [6.45, 7) is 1.93. The van der Waals surface area contributed by atoms with E-state index in [1.807, 2.05) is 6.92 Å². The highest BCUT2D eigenvalue weighted by atomic mass is 35.5. The molecule has 0 amide bonds. The van der Waals surface area contributed by atoms with Gasteiger partial charge in [-0.1, -0.05) is 18.5 Å². The van der Waals surface area contributed by atoms with E-state index in [4.69, 9.17) is 23.2 Å². The molecule has 0 unspecified atom stereocenters. The Morgan fingerprint density at radius 3 is 2.69 bits per heavy atom. The van der Waals surface area contributed by atoms with Crippen molar-refractivity contribution in [3.63, 3.8) is 0 Å². The SMILES string of the molecule is CCc1nnc(Cl)n1-c1ccc(F)c(Cl)c1. The molecule has 0 radical (unpaired) electrons. The summed E-state index contributed by atoms with van der Waals surface area (Å²) in [6.07, 6.45) is 0.675. The molecule has 0 aliphatic carbocycles. The van der Waals surface area contributed by atoms with Gasteiger partial charge in [0.25, 0.3) is 0 Å². The van der Waals surface area contributed by atoms with Crippen molar-refractivity contribution in [1.82, 2.24) is 14.8 Å². The molecule has 0 fully saturated rings. The molecule has 1 aromatic heterocycles. The molecule has 6 heteroatoms. The molecule has 0 aliphatic heterocycles. The molecule has 0 spiro atoms. The van der Waals surface area contributed by atoms with Crippen molar-refractivity contribution in [2.45, 2.75) is 13.3 Å². The van der Waals surface area contributed by atoms with Crippen LogP contribution in [0.2, 0.25) is 10.3 Å². The minimum atomic E-state index is -0.465. The van der Waals surface area contributed by atoms with Crippen LogP contribution in [0.15, 0.2) is 18.2 Å². The molecule has 0 atom stereocenters. The Labute approximate surface area is 102 Å². The van der Waals surface area contributed by atoms with E-state index >= 15 is 0 Å². The van der Waals surface area contributed by atoms with Crippen molar-refractivity contribution in [2.24, 2.45) is 0 Å². The van der Waals surface area contributed by atoms with E-state index in [2.05, 4.69) is 10.2 Å². The number of hydrogen-bond acceptors (Lipinski definition) is 2. The fraction of sp³-hybridized carbons (Fsp3) is 0.200. The Balaban J connectivity index is 2.57. The average molecular weight is 260 g/mol. The number of benzene rings is 1. The number of aromatic nitrogens is 3. The molecule has 2 rings (SSSR count). The van der Waals surface area contributed by atoms with E-state index in [1.165, 1.54) is 12.1 Å². The topological polar surface area (TPSA) is 30.7 Å². The van der Waals surface area contributed by atoms with E-state index in [9.17, 15) is 4.39 Å². The van der Waals surface area contributed by atoms with E-state index < -0.39 is 5.82 Å². The highest BCUT2D eigenvalue weighted by Gasteiger charge is 2.11. The summed E-state index contributed by atoms with van der Waals surface area (Å²) >= 11 is 11.6. The zero-order valence-corrected chi connectivity index (χ0v) is 9.93.